The first-order valence-corrected chi connectivity index (χ1v) is 11.9. The Labute approximate surface area is 172 Å². The monoisotopic (exact) mass is 396 g/mol. The lowest BCUT2D eigenvalue weighted by molar-refractivity contribution is -0.159. The second-order valence-corrected chi connectivity index (χ2v) is 9.09. The molecule has 0 saturated heterocycles. The van der Waals surface area contributed by atoms with Gasteiger partial charge in [-0.1, -0.05) is 85.0 Å². The van der Waals surface area contributed by atoms with Crippen molar-refractivity contribution in [1.29, 1.82) is 0 Å². The quantitative estimate of drug-likeness (QED) is 0.245. The lowest BCUT2D eigenvalue weighted by atomic mass is 9.81. The third kappa shape index (κ3) is 10.5. The van der Waals surface area contributed by atoms with Crippen LogP contribution in [0.1, 0.15) is 117 Å². The minimum atomic E-state index is -0.775. The van der Waals surface area contributed by atoms with Crippen LogP contribution in [0.4, 0.5) is 0 Å². The van der Waals surface area contributed by atoms with Gasteiger partial charge in [-0.25, -0.2) is 0 Å². The normalized spacial score (nSPS) is 20.9. The van der Waals surface area contributed by atoms with E-state index in [1.807, 2.05) is 0 Å². The summed E-state index contributed by atoms with van der Waals surface area (Å²) in [5.41, 5.74) is 0. The first-order valence-electron chi connectivity index (χ1n) is 11.9. The maximum absolute atomic E-state index is 12.5. The van der Waals surface area contributed by atoms with E-state index in [4.69, 9.17) is 4.74 Å². The third-order valence-electron chi connectivity index (χ3n) is 6.21. The van der Waals surface area contributed by atoms with Crippen LogP contribution in [0.2, 0.25) is 0 Å². The molecule has 0 amide bonds. The molecule has 0 aromatic rings. The van der Waals surface area contributed by atoms with Crippen LogP contribution >= 0.6 is 0 Å². The molecule has 0 heterocycles. The summed E-state index contributed by atoms with van der Waals surface area (Å²) in [5, 5.41) is 9.21. The summed E-state index contributed by atoms with van der Waals surface area (Å²) in [6.45, 7) is 6.47. The van der Waals surface area contributed by atoms with Crippen LogP contribution in [0.25, 0.3) is 0 Å². The molecular formula is C24H44O4. The van der Waals surface area contributed by atoms with Crippen molar-refractivity contribution in [3.05, 3.63) is 0 Å². The number of aliphatic carboxylic acids is 1. The van der Waals surface area contributed by atoms with Gasteiger partial charge in [0.15, 0.2) is 0 Å². The number of hydrogen-bond acceptors (Lipinski definition) is 3. The summed E-state index contributed by atoms with van der Waals surface area (Å²) in [6, 6.07) is 0. The molecule has 1 aliphatic rings. The molecule has 0 aliphatic heterocycles. The van der Waals surface area contributed by atoms with Gasteiger partial charge in [-0.15, -0.1) is 0 Å². The number of rotatable bonds is 15. The van der Waals surface area contributed by atoms with Gasteiger partial charge in [0, 0.05) is 0 Å². The number of carboxylic acid groups (broad SMARTS) is 1. The van der Waals surface area contributed by atoms with E-state index in [-0.39, 0.29) is 23.9 Å². The smallest absolute Gasteiger partial charge is 0.309 e. The molecule has 1 fully saturated rings. The third-order valence-corrected chi connectivity index (χ3v) is 6.21. The highest BCUT2D eigenvalue weighted by Crippen LogP contribution is 2.31. The van der Waals surface area contributed by atoms with E-state index in [0.717, 1.165) is 25.7 Å². The van der Waals surface area contributed by atoms with Crippen LogP contribution < -0.4 is 0 Å². The largest absolute Gasteiger partial charge is 0.481 e. The number of hydrogen-bond donors (Lipinski definition) is 1. The van der Waals surface area contributed by atoms with Gasteiger partial charge in [0.05, 0.1) is 11.8 Å². The Bertz CT molecular complexity index is 432. The first kappa shape index (κ1) is 25.0. The molecule has 164 valence electrons. The van der Waals surface area contributed by atoms with Gasteiger partial charge in [-0.05, 0) is 38.0 Å². The van der Waals surface area contributed by atoms with Gasteiger partial charge in [-0.2, -0.15) is 0 Å². The molecule has 4 nitrogen and oxygen atoms in total. The molecule has 0 aromatic heterocycles. The molecule has 0 radical (unpaired) electrons. The molecule has 0 aromatic carbocycles. The molecule has 0 spiro atoms. The lowest BCUT2D eigenvalue weighted by Crippen LogP contribution is -2.32. The van der Waals surface area contributed by atoms with Crippen molar-refractivity contribution in [2.24, 2.45) is 17.8 Å². The van der Waals surface area contributed by atoms with Crippen molar-refractivity contribution in [3.8, 4) is 0 Å². The van der Waals surface area contributed by atoms with E-state index in [1.165, 1.54) is 57.8 Å². The van der Waals surface area contributed by atoms with E-state index in [9.17, 15) is 14.7 Å². The van der Waals surface area contributed by atoms with Crippen LogP contribution in [0.3, 0.4) is 0 Å². The molecule has 3 atom stereocenters. The number of carbonyl (C=O) groups is 2. The highest BCUT2D eigenvalue weighted by molar-refractivity contribution is 5.75. The number of carbonyl (C=O) groups excluding carboxylic acids is 1. The summed E-state index contributed by atoms with van der Waals surface area (Å²) in [7, 11) is 0. The zero-order valence-corrected chi connectivity index (χ0v) is 18.6. The number of carboxylic acids is 1. The van der Waals surface area contributed by atoms with Crippen molar-refractivity contribution in [2.75, 3.05) is 0 Å². The van der Waals surface area contributed by atoms with Gasteiger partial charge in [0.25, 0.3) is 0 Å². The van der Waals surface area contributed by atoms with Gasteiger partial charge in [0.1, 0.15) is 6.10 Å². The topological polar surface area (TPSA) is 63.6 Å². The van der Waals surface area contributed by atoms with Crippen molar-refractivity contribution in [1.82, 2.24) is 0 Å². The molecule has 1 aliphatic carbocycles. The van der Waals surface area contributed by atoms with Crippen molar-refractivity contribution >= 4 is 11.9 Å². The predicted molar refractivity (Wildman–Crippen MR) is 114 cm³/mol. The lowest BCUT2D eigenvalue weighted by Gasteiger charge is -2.28. The van der Waals surface area contributed by atoms with Crippen LogP contribution in [0.15, 0.2) is 0 Å². The van der Waals surface area contributed by atoms with Gasteiger partial charge in [-0.3, -0.25) is 9.59 Å². The van der Waals surface area contributed by atoms with E-state index in [0.29, 0.717) is 18.8 Å². The van der Waals surface area contributed by atoms with Crippen LogP contribution in [0.5, 0.6) is 0 Å². The highest BCUT2D eigenvalue weighted by atomic mass is 16.5. The summed E-state index contributed by atoms with van der Waals surface area (Å²) in [5.74, 6) is -1.25. The zero-order chi connectivity index (χ0) is 20.8. The molecular weight excluding hydrogens is 352 g/mol. The Hall–Kier alpha value is -1.06. The highest BCUT2D eigenvalue weighted by Gasteiger charge is 2.33. The second-order valence-electron chi connectivity index (χ2n) is 9.09. The number of unbranched alkanes of at least 4 members (excludes halogenated alkanes) is 9. The van der Waals surface area contributed by atoms with Gasteiger partial charge >= 0.3 is 11.9 Å². The minimum absolute atomic E-state index is 0.0354. The first-order chi connectivity index (χ1) is 13.5. The Kier molecular flexibility index (Phi) is 13.3. The predicted octanol–water partition coefficient (Wildman–Crippen LogP) is 6.76. The van der Waals surface area contributed by atoms with E-state index < -0.39 is 5.97 Å². The molecule has 0 bridgehead atoms. The minimum Gasteiger partial charge on any atom is -0.481 e. The van der Waals surface area contributed by atoms with E-state index in [2.05, 4.69) is 20.8 Å². The maximum Gasteiger partial charge on any atom is 0.309 e. The zero-order valence-electron chi connectivity index (χ0n) is 18.6. The SMILES string of the molecule is CCCCCCCCCCCCC(OC(=O)C1CCCC(C(=O)O)C1)C(C)C. The Morgan fingerprint density at radius 3 is 1.96 bits per heavy atom. The van der Waals surface area contributed by atoms with Crippen molar-refractivity contribution in [2.45, 2.75) is 123 Å². The number of ether oxygens (including phenoxy) is 1. The van der Waals surface area contributed by atoms with Crippen LogP contribution in [0, 0.1) is 17.8 Å². The fourth-order valence-corrected chi connectivity index (χ4v) is 4.23. The van der Waals surface area contributed by atoms with Gasteiger partial charge < -0.3 is 9.84 Å². The summed E-state index contributed by atoms with van der Waals surface area (Å²) in [6.07, 6.45) is 16.6. The van der Waals surface area contributed by atoms with E-state index >= 15 is 0 Å². The summed E-state index contributed by atoms with van der Waals surface area (Å²) >= 11 is 0. The standard InChI is InChI=1S/C24H44O4/c1-4-5-6-7-8-9-10-11-12-13-17-22(19(2)3)28-24(27)21-16-14-15-20(18-21)23(25)26/h19-22H,4-18H2,1-3H3,(H,25,26). The average molecular weight is 397 g/mol. The molecule has 3 unspecified atom stereocenters. The molecule has 1 N–H and O–H groups in total. The Balaban J connectivity index is 2.20. The molecule has 1 saturated carbocycles. The average Bonchev–Trinajstić information content (AvgIpc) is 2.68. The molecule has 28 heavy (non-hydrogen) atoms. The fourth-order valence-electron chi connectivity index (χ4n) is 4.23. The second kappa shape index (κ2) is 14.9. The Morgan fingerprint density at radius 1 is 0.893 bits per heavy atom. The maximum atomic E-state index is 12.5. The van der Waals surface area contributed by atoms with Crippen LogP contribution in [-0.2, 0) is 14.3 Å². The molecule has 1 rings (SSSR count). The van der Waals surface area contributed by atoms with Gasteiger partial charge in [0.2, 0.25) is 0 Å². The fraction of sp³-hybridized carbons (Fsp3) is 0.917. The molecule has 4 heteroatoms. The van der Waals surface area contributed by atoms with Crippen molar-refractivity contribution < 1.29 is 19.4 Å². The summed E-state index contributed by atoms with van der Waals surface area (Å²) < 4.78 is 5.83. The Morgan fingerprint density at radius 2 is 1.43 bits per heavy atom. The summed E-state index contributed by atoms with van der Waals surface area (Å²) in [4.78, 5) is 23.8. The van der Waals surface area contributed by atoms with E-state index in [1.54, 1.807) is 0 Å². The number of esters is 1. The van der Waals surface area contributed by atoms with Crippen LogP contribution in [-0.4, -0.2) is 23.1 Å². The van der Waals surface area contributed by atoms with Crippen molar-refractivity contribution in [3.63, 3.8) is 0 Å².